The molecule has 0 radical (unpaired) electrons. The van der Waals surface area contributed by atoms with Gasteiger partial charge >= 0.3 is 0 Å². The van der Waals surface area contributed by atoms with E-state index in [9.17, 15) is 4.79 Å². The summed E-state index contributed by atoms with van der Waals surface area (Å²) < 4.78 is 1.80. The number of tetrazole rings is 1. The Morgan fingerprint density at radius 3 is 2.54 bits per heavy atom. The quantitative estimate of drug-likeness (QED) is 0.839. The molecule has 138 valence electrons. The maximum Gasteiger partial charge on any atom is 0.240 e. The van der Waals surface area contributed by atoms with Gasteiger partial charge in [-0.05, 0) is 35.3 Å². The zero-order valence-electron chi connectivity index (χ0n) is 15.1. The van der Waals surface area contributed by atoms with E-state index in [1.54, 1.807) is 11.0 Å². The Morgan fingerprint density at radius 2 is 1.85 bits per heavy atom. The maximum absolute atomic E-state index is 13.3. The van der Waals surface area contributed by atoms with Crippen LogP contribution in [0.3, 0.4) is 0 Å². The first-order chi connectivity index (χ1) is 12.8. The summed E-state index contributed by atoms with van der Waals surface area (Å²) in [5.41, 5.74) is 1.23. The molecule has 2 aromatic rings. The summed E-state index contributed by atoms with van der Waals surface area (Å²) in [4.78, 5) is 17.7. The van der Waals surface area contributed by atoms with E-state index in [-0.39, 0.29) is 18.0 Å². The van der Waals surface area contributed by atoms with Gasteiger partial charge in [-0.25, -0.2) is 4.68 Å². The second-order valence-electron chi connectivity index (χ2n) is 7.35. The molecule has 3 heterocycles. The SMILES string of the molecule is O=C([C@@H]1C[C@@H](n2cnnn2)CN1Cc1ccccc1)N1CCCCCC1. The van der Waals surface area contributed by atoms with Gasteiger partial charge in [0.05, 0.1) is 12.1 Å². The van der Waals surface area contributed by atoms with E-state index >= 15 is 0 Å². The third-order valence-corrected chi connectivity index (χ3v) is 5.55. The number of carbonyl (C=O) groups is 1. The number of aromatic nitrogens is 4. The fourth-order valence-electron chi connectivity index (χ4n) is 4.16. The van der Waals surface area contributed by atoms with Gasteiger partial charge in [0, 0.05) is 26.2 Å². The van der Waals surface area contributed by atoms with Gasteiger partial charge in [-0.2, -0.15) is 0 Å². The summed E-state index contributed by atoms with van der Waals surface area (Å²) >= 11 is 0. The van der Waals surface area contributed by atoms with Crippen molar-refractivity contribution in [2.45, 2.75) is 50.7 Å². The van der Waals surface area contributed by atoms with Crippen LogP contribution in [0, 0.1) is 0 Å². The largest absolute Gasteiger partial charge is 0.341 e. The predicted octanol–water partition coefficient (Wildman–Crippen LogP) is 1.89. The molecule has 2 aliphatic heterocycles. The molecule has 7 heteroatoms. The maximum atomic E-state index is 13.3. The predicted molar refractivity (Wildman–Crippen MR) is 97.2 cm³/mol. The summed E-state index contributed by atoms with van der Waals surface area (Å²) in [6.45, 7) is 3.36. The van der Waals surface area contributed by atoms with Crippen LogP contribution < -0.4 is 0 Å². The molecule has 0 spiro atoms. The molecule has 0 aliphatic carbocycles. The molecule has 4 rings (SSSR count). The zero-order chi connectivity index (χ0) is 17.8. The van der Waals surface area contributed by atoms with Crippen LogP contribution in [-0.2, 0) is 11.3 Å². The Hall–Kier alpha value is -2.28. The van der Waals surface area contributed by atoms with Gasteiger partial charge in [0.15, 0.2) is 0 Å². The van der Waals surface area contributed by atoms with Crippen molar-refractivity contribution < 1.29 is 4.79 Å². The van der Waals surface area contributed by atoms with Crippen LogP contribution in [0.2, 0.25) is 0 Å². The topological polar surface area (TPSA) is 67.2 Å². The highest BCUT2D eigenvalue weighted by molar-refractivity contribution is 5.82. The van der Waals surface area contributed by atoms with E-state index in [1.165, 1.54) is 18.4 Å². The molecule has 0 saturated carbocycles. The van der Waals surface area contributed by atoms with Crippen LogP contribution in [-0.4, -0.2) is 61.6 Å². The lowest BCUT2D eigenvalue weighted by atomic mass is 10.1. The van der Waals surface area contributed by atoms with Crippen molar-refractivity contribution in [1.29, 1.82) is 0 Å². The summed E-state index contributed by atoms with van der Waals surface area (Å²) in [7, 11) is 0. The van der Waals surface area contributed by atoms with Crippen molar-refractivity contribution in [2.24, 2.45) is 0 Å². The van der Waals surface area contributed by atoms with Crippen molar-refractivity contribution in [1.82, 2.24) is 30.0 Å². The van der Waals surface area contributed by atoms with E-state index in [0.717, 1.165) is 45.4 Å². The van der Waals surface area contributed by atoms with Crippen LogP contribution in [0.1, 0.15) is 43.7 Å². The second-order valence-corrected chi connectivity index (χ2v) is 7.35. The second kappa shape index (κ2) is 7.95. The number of hydrogen-bond donors (Lipinski definition) is 0. The fraction of sp³-hybridized carbons (Fsp3) is 0.579. The van der Waals surface area contributed by atoms with Crippen LogP contribution in [0.15, 0.2) is 36.7 Å². The summed E-state index contributed by atoms with van der Waals surface area (Å²) in [6.07, 6.45) is 7.13. The van der Waals surface area contributed by atoms with E-state index in [2.05, 4.69) is 49.6 Å². The minimum Gasteiger partial charge on any atom is -0.341 e. The molecule has 0 bridgehead atoms. The summed E-state index contributed by atoms with van der Waals surface area (Å²) in [5.74, 6) is 0.276. The Labute approximate surface area is 154 Å². The minimum atomic E-state index is -0.0949. The van der Waals surface area contributed by atoms with Crippen molar-refractivity contribution in [2.75, 3.05) is 19.6 Å². The first-order valence-electron chi connectivity index (χ1n) is 9.60. The molecule has 1 aromatic carbocycles. The molecular weight excluding hydrogens is 328 g/mol. The van der Waals surface area contributed by atoms with Crippen molar-refractivity contribution in [3.05, 3.63) is 42.2 Å². The molecule has 2 atom stereocenters. The average molecular weight is 354 g/mol. The minimum absolute atomic E-state index is 0.0949. The Morgan fingerprint density at radius 1 is 1.08 bits per heavy atom. The van der Waals surface area contributed by atoms with Crippen molar-refractivity contribution in [3.8, 4) is 0 Å². The molecule has 1 aromatic heterocycles. The van der Waals surface area contributed by atoms with E-state index in [4.69, 9.17) is 0 Å². The molecule has 26 heavy (non-hydrogen) atoms. The molecule has 0 N–H and O–H groups in total. The molecular formula is C19H26N6O. The lowest BCUT2D eigenvalue weighted by Crippen LogP contribution is -2.45. The van der Waals surface area contributed by atoms with Gasteiger partial charge in [0.1, 0.15) is 6.33 Å². The highest BCUT2D eigenvalue weighted by Gasteiger charge is 2.40. The van der Waals surface area contributed by atoms with Gasteiger partial charge in [0.25, 0.3) is 0 Å². The first kappa shape index (κ1) is 17.1. The lowest BCUT2D eigenvalue weighted by molar-refractivity contribution is -0.136. The number of nitrogens with zero attached hydrogens (tertiary/aromatic N) is 6. The highest BCUT2D eigenvalue weighted by Crippen LogP contribution is 2.30. The molecule has 7 nitrogen and oxygen atoms in total. The van der Waals surface area contributed by atoms with E-state index in [0.29, 0.717) is 0 Å². The van der Waals surface area contributed by atoms with Gasteiger partial charge in [-0.1, -0.05) is 43.2 Å². The fourth-order valence-corrected chi connectivity index (χ4v) is 4.16. The standard InChI is InChI=1S/C19H26N6O/c26-19(23-10-6-1-2-7-11-23)18-12-17(25-15-20-21-22-25)14-24(18)13-16-8-4-3-5-9-16/h3-5,8-9,15,17-18H,1-2,6-7,10-14H2/t17-,18+/m1/s1. The van der Waals surface area contributed by atoms with Gasteiger partial charge in [-0.3, -0.25) is 9.69 Å². The highest BCUT2D eigenvalue weighted by atomic mass is 16.2. The summed E-state index contributed by atoms with van der Waals surface area (Å²) in [5, 5.41) is 11.6. The Kier molecular flexibility index (Phi) is 5.24. The van der Waals surface area contributed by atoms with Crippen LogP contribution in [0.4, 0.5) is 0 Å². The molecule has 2 fully saturated rings. The van der Waals surface area contributed by atoms with Crippen molar-refractivity contribution >= 4 is 5.91 Å². The third kappa shape index (κ3) is 3.77. The first-order valence-corrected chi connectivity index (χ1v) is 9.60. The van der Waals surface area contributed by atoms with Gasteiger partial charge in [0.2, 0.25) is 5.91 Å². The van der Waals surface area contributed by atoms with Crippen LogP contribution in [0.5, 0.6) is 0 Å². The van der Waals surface area contributed by atoms with E-state index < -0.39 is 0 Å². The Bertz CT molecular complexity index is 696. The number of likely N-dealkylation sites (tertiary alicyclic amines) is 2. The number of carbonyl (C=O) groups excluding carboxylic acids is 1. The van der Waals surface area contributed by atoms with Crippen molar-refractivity contribution in [3.63, 3.8) is 0 Å². The summed E-state index contributed by atoms with van der Waals surface area (Å²) in [6, 6.07) is 10.4. The molecule has 1 amide bonds. The number of benzene rings is 1. The van der Waals surface area contributed by atoms with E-state index in [1.807, 2.05) is 6.07 Å². The number of hydrogen-bond acceptors (Lipinski definition) is 5. The van der Waals surface area contributed by atoms with Gasteiger partial charge < -0.3 is 4.90 Å². The molecule has 2 saturated heterocycles. The van der Waals surface area contributed by atoms with Crippen LogP contribution >= 0.6 is 0 Å². The zero-order valence-corrected chi connectivity index (χ0v) is 15.1. The Balaban J connectivity index is 1.53. The molecule has 2 aliphatic rings. The smallest absolute Gasteiger partial charge is 0.240 e. The third-order valence-electron chi connectivity index (χ3n) is 5.55. The molecule has 0 unspecified atom stereocenters. The average Bonchev–Trinajstić information content (AvgIpc) is 3.26. The number of rotatable bonds is 4. The monoisotopic (exact) mass is 354 g/mol. The van der Waals surface area contributed by atoms with Gasteiger partial charge in [-0.15, -0.1) is 5.10 Å². The lowest BCUT2D eigenvalue weighted by Gasteiger charge is -2.29. The van der Waals surface area contributed by atoms with Crippen LogP contribution in [0.25, 0.3) is 0 Å². The normalized spacial score (nSPS) is 24.5. The number of amides is 1.